The summed E-state index contributed by atoms with van der Waals surface area (Å²) in [6, 6.07) is 62.0. The maximum Gasteiger partial charge on any atom is 0.252 e. The molecule has 0 saturated carbocycles. The van der Waals surface area contributed by atoms with Crippen LogP contribution in [0.25, 0.3) is 11.1 Å². The van der Waals surface area contributed by atoms with E-state index >= 15 is 0 Å². The molecule has 2 nitrogen and oxygen atoms in total. The van der Waals surface area contributed by atoms with E-state index in [0.29, 0.717) is 0 Å². The number of benzene rings is 8. The van der Waals surface area contributed by atoms with Crippen LogP contribution in [0.1, 0.15) is 158 Å². The lowest BCUT2D eigenvalue weighted by atomic mass is 9.32. The summed E-state index contributed by atoms with van der Waals surface area (Å²) < 4.78 is 0. The van der Waals surface area contributed by atoms with Gasteiger partial charge in [0, 0.05) is 55.7 Å². The van der Waals surface area contributed by atoms with Gasteiger partial charge in [0.15, 0.2) is 0 Å². The monoisotopic (exact) mass is 939 g/mol. The number of anilines is 6. The highest BCUT2D eigenvalue weighted by Gasteiger charge is 2.50. The van der Waals surface area contributed by atoms with E-state index in [4.69, 9.17) is 0 Å². The molecule has 12 rings (SSSR count). The summed E-state index contributed by atoms with van der Waals surface area (Å²) in [4.78, 5) is 5.32. The van der Waals surface area contributed by atoms with Gasteiger partial charge in [-0.2, -0.15) is 0 Å². The zero-order chi connectivity index (χ0) is 50.8. The first-order chi connectivity index (χ1) is 33.9. The summed E-state index contributed by atoms with van der Waals surface area (Å²) in [5, 5.41) is 0. The Bertz CT molecular complexity index is 3550. The third-order valence-electron chi connectivity index (χ3n) is 17.9. The van der Waals surface area contributed by atoms with Crippen molar-refractivity contribution in [2.45, 2.75) is 136 Å². The molecule has 4 aliphatic rings. The molecule has 2 aliphatic carbocycles. The summed E-state index contributed by atoms with van der Waals surface area (Å²) >= 11 is 0. The normalized spacial score (nSPS) is 17.2. The lowest BCUT2D eigenvalue weighted by Gasteiger charge is -2.49. The van der Waals surface area contributed by atoms with Crippen molar-refractivity contribution in [3.05, 3.63) is 219 Å². The van der Waals surface area contributed by atoms with Gasteiger partial charge in [-0.15, -0.1) is 0 Å². The van der Waals surface area contributed by atoms with Crippen LogP contribution in [-0.2, 0) is 32.5 Å². The molecule has 2 aliphatic heterocycles. The first-order valence-corrected chi connectivity index (χ1v) is 26.5. The number of nitrogens with zero attached hydrogens (tertiary/aromatic N) is 2. The Morgan fingerprint density at radius 2 is 0.764 bits per heavy atom. The van der Waals surface area contributed by atoms with E-state index in [2.05, 4.69) is 271 Å². The van der Waals surface area contributed by atoms with Crippen molar-refractivity contribution in [2.75, 3.05) is 9.80 Å². The van der Waals surface area contributed by atoms with Gasteiger partial charge in [0.25, 0.3) is 6.71 Å². The van der Waals surface area contributed by atoms with Crippen molar-refractivity contribution in [1.82, 2.24) is 0 Å². The number of aryl methyl sites for hydroxylation is 1. The minimum Gasteiger partial charge on any atom is -0.311 e. The standard InChI is InChI=1S/C69H71BN2/c1-42-35-61-63-62(36-42)72(58-34-31-45(65(5,6)7)37-47(58)43-23-17-16-18-24-43)60-41-55-53(67(10,11)49-26-20-22-28-51(49)69(55,14)15)39-57(60)70(63)56-38-52-54(68(12,13)50-27-21-19-25-48(50)66(52,8)9)40-59(56)71(61)46-32-29-44(30-33-46)64(2,3)4/h16-41H,1-15H3. The number of rotatable bonds is 3. The molecule has 72 heavy (non-hydrogen) atoms. The van der Waals surface area contributed by atoms with E-state index < -0.39 is 0 Å². The summed E-state index contributed by atoms with van der Waals surface area (Å²) in [5.74, 6) is 0. The largest absolute Gasteiger partial charge is 0.311 e. The highest BCUT2D eigenvalue weighted by atomic mass is 15.2. The molecule has 0 amide bonds. The van der Waals surface area contributed by atoms with Crippen molar-refractivity contribution in [2.24, 2.45) is 0 Å². The minimum absolute atomic E-state index is 0.0270. The van der Waals surface area contributed by atoms with Crippen LogP contribution < -0.4 is 26.2 Å². The number of hydrogen-bond donors (Lipinski definition) is 0. The second-order valence-corrected chi connectivity index (χ2v) is 26.0. The van der Waals surface area contributed by atoms with E-state index in [1.807, 2.05) is 0 Å². The van der Waals surface area contributed by atoms with E-state index in [1.54, 1.807) is 0 Å². The topological polar surface area (TPSA) is 6.48 Å². The van der Waals surface area contributed by atoms with Gasteiger partial charge in [-0.05, 0) is 149 Å². The van der Waals surface area contributed by atoms with E-state index in [9.17, 15) is 0 Å². The van der Waals surface area contributed by atoms with E-state index in [-0.39, 0.29) is 39.2 Å². The molecule has 0 N–H and O–H groups in total. The molecule has 0 unspecified atom stereocenters. The number of fused-ring (bicyclic) bond motifs is 8. The molecule has 8 aromatic carbocycles. The average molecular weight is 939 g/mol. The van der Waals surface area contributed by atoms with Crippen LogP contribution >= 0.6 is 0 Å². The second-order valence-electron chi connectivity index (χ2n) is 26.0. The first-order valence-electron chi connectivity index (χ1n) is 26.5. The molecule has 0 aromatic heterocycles. The average Bonchev–Trinajstić information content (AvgIpc) is 3.34. The Balaban J connectivity index is 1.24. The van der Waals surface area contributed by atoms with Crippen LogP contribution in [0.15, 0.2) is 158 Å². The Morgan fingerprint density at radius 3 is 1.22 bits per heavy atom. The number of hydrogen-bond acceptors (Lipinski definition) is 2. The van der Waals surface area contributed by atoms with Crippen molar-refractivity contribution in [3.8, 4) is 11.1 Å². The molecule has 3 heteroatoms. The molecule has 8 aromatic rings. The molecular formula is C69H71BN2. The van der Waals surface area contributed by atoms with Gasteiger partial charge in [0.05, 0.1) is 5.69 Å². The molecule has 0 saturated heterocycles. The molecule has 0 spiro atoms. The predicted molar refractivity (Wildman–Crippen MR) is 309 cm³/mol. The Hall–Kier alpha value is -6.58. The van der Waals surface area contributed by atoms with Crippen molar-refractivity contribution >= 4 is 57.2 Å². The van der Waals surface area contributed by atoms with Crippen LogP contribution in [-0.4, -0.2) is 6.71 Å². The summed E-state index contributed by atoms with van der Waals surface area (Å²) in [7, 11) is 0. The van der Waals surface area contributed by atoms with Crippen LogP contribution in [0.4, 0.5) is 34.1 Å². The maximum absolute atomic E-state index is 2.68. The second kappa shape index (κ2) is 15.2. The van der Waals surface area contributed by atoms with Crippen LogP contribution in [0.3, 0.4) is 0 Å². The quantitative estimate of drug-likeness (QED) is 0.163. The fourth-order valence-electron chi connectivity index (χ4n) is 13.7. The van der Waals surface area contributed by atoms with Crippen LogP contribution in [0.5, 0.6) is 0 Å². The van der Waals surface area contributed by atoms with Crippen molar-refractivity contribution in [3.63, 3.8) is 0 Å². The molecule has 0 bridgehead atoms. The zero-order valence-corrected chi connectivity index (χ0v) is 45.5. The zero-order valence-electron chi connectivity index (χ0n) is 45.5. The smallest absolute Gasteiger partial charge is 0.252 e. The molecule has 0 fully saturated rings. The van der Waals surface area contributed by atoms with E-state index in [1.165, 1.54) is 123 Å². The van der Waals surface area contributed by atoms with Gasteiger partial charge in [-0.1, -0.05) is 206 Å². The van der Waals surface area contributed by atoms with Gasteiger partial charge in [-0.3, -0.25) is 0 Å². The van der Waals surface area contributed by atoms with Gasteiger partial charge < -0.3 is 9.80 Å². The highest BCUT2D eigenvalue weighted by Crippen LogP contribution is 2.56. The lowest BCUT2D eigenvalue weighted by Crippen LogP contribution is -2.62. The SMILES string of the molecule is Cc1cc2c3c(c1)N(c1ccc(C(C)(C)C)cc1-c1ccccc1)c1cc4c(cc1B3c1cc3c(cc1N2c1ccc(C(C)(C)C)cc1)C(C)(C)c1ccccc1C3(C)C)C(C)(C)c1ccccc1C4(C)C. The Morgan fingerprint density at radius 1 is 0.361 bits per heavy atom. The van der Waals surface area contributed by atoms with Crippen LogP contribution in [0.2, 0.25) is 0 Å². The van der Waals surface area contributed by atoms with Gasteiger partial charge in [0.1, 0.15) is 0 Å². The highest BCUT2D eigenvalue weighted by molar-refractivity contribution is 7.00. The minimum atomic E-state index is -0.235. The Kier molecular flexibility index (Phi) is 9.84. The van der Waals surface area contributed by atoms with Gasteiger partial charge in [0.2, 0.25) is 0 Å². The predicted octanol–water partition coefficient (Wildman–Crippen LogP) is 16.3. The summed E-state index contributed by atoms with van der Waals surface area (Å²) in [5.41, 5.74) is 28.3. The Labute approximate surface area is 431 Å². The summed E-state index contributed by atoms with van der Waals surface area (Å²) in [6.45, 7) is 35.9. The first kappa shape index (κ1) is 46.5. The third-order valence-corrected chi connectivity index (χ3v) is 17.9. The maximum atomic E-state index is 2.68. The van der Waals surface area contributed by atoms with Crippen LogP contribution in [0, 0.1) is 6.92 Å². The lowest BCUT2D eigenvalue weighted by molar-refractivity contribution is 0.521. The molecule has 2 heterocycles. The summed E-state index contributed by atoms with van der Waals surface area (Å²) in [6.07, 6.45) is 0. The fraction of sp³-hybridized carbons (Fsp3) is 0.304. The third kappa shape index (κ3) is 6.54. The molecule has 360 valence electrons. The van der Waals surface area contributed by atoms with Crippen molar-refractivity contribution < 1.29 is 0 Å². The van der Waals surface area contributed by atoms with Gasteiger partial charge in [-0.25, -0.2) is 0 Å². The van der Waals surface area contributed by atoms with E-state index in [0.717, 1.165) is 0 Å². The fourth-order valence-corrected chi connectivity index (χ4v) is 13.7. The molecule has 0 atom stereocenters. The van der Waals surface area contributed by atoms with Gasteiger partial charge >= 0.3 is 0 Å². The van der Waals surface area contributed by atoms with Crippen molar-refractivity contribution in [1.29, 1.82) is 0 Å². The molecule has 0 radical (unpaired) electrons. The molecular weight excluding hydrogens is 868 g/mol.